The molecule has 0 bridgehead atoms. The first-order valence-corrected chi connectivity index (χ1v) is 12.2. The fraction of sp³-hybridized carbons (Fsp3) is 0.393. The number of allylic oxidation sites excluding steroid dienone is 2. The number of carboxylic acid groups (broad SMARTS) is 1. The van der Waals surface area contributed by atoms with Gasteiger partial charge in [-0.05, 0) is 36.1 Å². The first-order valence-electron chi connectivity index (χ1n) is 12.2. The highest BCUT2D eigenvalue weighted by molar-refractivity contribution is 5.95. The minimum absolute atomic E-state index is 0.0978. The highest BCUT2D eigenvalue weighted by Crippen LogP contribution is 2.24. The maximum absolute atomic E-state index is 13.0. The van der Waals surface area contributed by atoms with Crippen molar-refractivity contribution in [2.75, 3.05) is 0 Å². The SMILES string of the molecule is CC=CCn1nc(CCCCCCCC)n(Cc2ccc(-c3ccccc3C(=O)O)cc2)c1=O. The standard InChI is InChI=1S/C28H35N3O3/c1-3-5-7-8-9-10-15-26-29-31(20-6-4-2)28(34)30(26)21-22-16-18-23(19-17-22)24-13-11-12-14-25(24)27(32)33/h4,6,11-14,16-19H,3,5,7-10,15,20-21H2,1-2H3,(H,32,33). The number of hydrogen-bond donors (Lipinski definition) is 1. The third-order valence-electron chi connectivity index (χ3n) is 6.03. The minimum atomic E-state index is -0.945. The van der Waals surface area contributed by atoms with Crippen molar-refractivity contribution in [3.05, 3.63) is 88.1 Å². The molecule has 0 aliphatic rings. The van der Waals surface area contributed by atoms with Crippen LogP contribution in [0.1, 0.15) is 74.1 Å². The number of carboxylic acids is 1. The van der Waals surface area contributed by atoms with Crippen LogP contribution in [0.3, 0.4) is 0 Å². The largest absolute Gasteiger partial charge is 0.478 e. The summed E-state index contributed by atoms with van der Waals surface area (Å²) in [6.07, 6.45) is 11.8. The molecular formula is C28H35N3O3. The van der Waals surface area contributed by atoms with Gasteiger partial charge in [-0.3, -0.25) is 4.57 Å². The molecular weight excluding hydrogens is 426 g/mol. The van der Waals surface area contributed by atoms with Crippen molar-refractivity contribution in [2.24, 2.45) is 0 Å². The summed E-state index contributed by atoms with van der Waals surface area (Å²) in [6.45, 7) is 5.06. The molecule has 3 rings (SSSR count). The van der Waals surface area contributed by atoms with Gasteiger partial charge < -0.3 is 5.11 Å². The number of nitrogens with zero attached hydrogens (tertiary/aromatic N) is 3. The number of carbonyl (C=O) groups is 1. The van der Waals surface area contributed by atoms with Crippen LogP contribution in [0, 0.1) is 0 Å². The van der Waals surface area contributed by atoms with Gasteiger partial charge in [0.05, 0.1) is 18.7 Å². The van der Waals surface area contributed by atoms with Crippen LogP contribution in [0.25, 0.3) is 11.1 Å². The van der Waals surface area contributed by atoms with E-state index in [1.165, 1.54) is 30.4 Å². The second kappa shape index (κ2) is 12.7. The number of unbranched alkanes of at least 4 members (excludes halogenated alkanes) is 5. The Morgan fingerprint density at radius 3 is 2.41 bits per heavy atom. The Bertz CT molecular complexity index is 1160. The summed E-state index contributed by atoms with van der Waals surface area (Å²) in [5, 5.41) is 14.1. The molecule has 6 heteroatoms. The van der Waals surface area contributed by atoms with E-state index in [0.29, 0.717) is 18.7 Å². The highest BCUT2D eigenvalue weighted by atomic mass is 16.4. The molecule has 0 saturated heterocycles. The molecule has 3 aromatic rings. The molecule has 0 radical (unpaired) electrons. The molecule has 2 aromatic carbocycles. The van der Waals surface area contributed by atoms with Crippen LogP contribution in [0.2, 0.25) is 0 Å². The van der Waals surface area contributed by atoms with E-state index in [1.807, 2.05) is 55.5 Å². The lowest BCUT2D eigenvalue weighted by atomic mass is 9.99. The van der Waals surface area contributed by atoms with E-state index >= 15 is 0 Å². The van der Waals surface area contributed by atoms with Crippen LogP contribution in [-0.4, -0.2) is 25.4 Å². The lowest BCUT2D eigenvalue weighted by Gasteiger charge is -2.09. The predicted molar refractivity (Wildman–Crippen MR) is 136 cm³/mol. The van der Waals surface area contributed by atoms with Gasteiger partial charge in [-0.2, -0.15) is 5.10 Å². The van der Waals surface area contributed by atoms with Gasteiger partial charge in [0.15, 0.2) is 0 Å². The summed E-state index contributed by atoms with van der Waals surface area (Å²) in [7, 11) is 0. The zero-order valence-electron chi connectivity index (χ0n) is 20.2. The van der Waals surface area contributed by atoms with E-state index in [0.717, 1.165) is 36.2 Å². The molecule has 180 valence electrons. The third kappa shape index (κ3) is 6.56. The van der Waals surface area contributed by atoms with Crippen molar-refractivity contribution in [1.82, 2.24) is 14.3 Å². The van der Waals surface area contributed by atoms with Crippen LogP contribution in [-0.2, 0) is 19.5 Å². The summed E-state index contributed by atoms with van der Waals surface area (Å²) in [5.74, 6) is -0.121. The molecule has 0 saturated carbocycles. The maximum Gasteiger partial charge on any atom is 0.346 e. The van der Waals surface area contributed by atoms with E-state index in [2.05, 4.69) is 12.0 Å². The summed E-state index contributed by atoms with van der Waals surface area (Å²) >= 11 is 0. The van der Waals surface area contributed by atoms with Crippen LogP contribution < -0.4 is 5.69 Å². The Balaban J connectivity index is 1.78. The van der Waals surface area contributed by atoms with E-state index in [4.69, 9.17) is 0 Å². The Morgan fingerprint density at radius 2 is 1.71 bits per heavy atom. The Kier molecular flexibility index (Phi) is 9.44. The van der Waals surface area contributed by atoms with Gasteiger partial charge >= 0.3 is 11.7 Å². The van der Waals surface area contributed by atoms with Crippen molar-refractivity contribution < 1.29 is 9.90 Å². The predicted octanol–water partition coefficient (Wildman–Crippen LogP) is 5.94. The summed E-state index contributed by atoms with van der Waals surface area (Å²) in [6, 6.07) is 14.7. The van der Waals surface area contributed by atoms with Gasteiger partial charge in [0.25, 0.3) is 0 Å². The number of hydrogen-bond acceptors (Lipinski definition) is 3. The Labute approximate surface area is 201 Å². The summed E-state index contributed by atoms with van der Waals surface area (Å²) in [5.41, 5.74) is 2.68. The van der Waals surface area contributed by atoms with Crippen LogP contribution >= 0.6 is 0 Å². The zero-order valence-corrected chi connectivity index (χ0v) is 20.2. The number of rotatable bonds is 13. The number of aryl methyl sites for hydroxylation is 1. The molecule has 0 unspecified atom stereocenters. The monoisotopic (exact) mass is 461 g/mol. The average Bonchev–Trinajstić information content (AvgIpc) is 3.14. The first-order chi connectivity index (χ1) is 16.5. The molecule has 0 spiro atoms. The van der Waals surface area contributed by atoms with Crippen LogP contribution in [0.5, 0.6) is 0 Å². The molecule has 6 nitrogen and oxygen atoms in total. The average molecular weight is 462 g/mol. The first kappa shape index (κ1) is 25.2. The lowest BCUT2D eigenvalue weighted by Crippen LogP contribution is -2.25. The molecule has 34 heavy (non-hydrogen) atoms. The van der Waals surface area contributed by atoms with Crippen molar-refractivity contribution >= 4 is 5.97 Å². The quantitative estimate of drug-likeness (QED) is 0.252. The van der Waals surface area contributed by atoms with Crippen molar-refractivity contribution in [3.8, 4) is 11.1 Å². The van der Waals surface area contributed by atoms with E-state index in [9.17, 15) is 14.7 Å². The molecule has 0 amide bonds. The number of aromatic nitrogens is 3. The molecule has 0 fully saturated rings. The van der Waals surface area contributed by atoms with Crippen LogP contribution in [0.4, 0.5) is 0 Å². The Hall–Kier alpha value is -3.41. The van der Waals surface area contributed by atoms with Gasteiger partial charge in [0.2, 0.25) is 0 Å². The smallest absolute Gasteiger partial charge is 0.346 e. The number of aromatic carboxylic acids is 1. The fourth-order valence-corrected chi connectivity index (χ4v) is 4.11. The maximum atomic E-state index is 13.0. The van der Waals surface area contributed by atoms with Gasteiger partial charge in [-0.25, -0.2) is 14.3 Å². The van der Waals surface area contributed by atoms with E-state index < -0.39 is 5.97 Å². The zero-order chi connectivity index (χ0) is 24.3. The van der Waals surface area contributed by atoms with Gasteiger partial charge in [-0.1, -0.05) is 93.6 Å². The highest BCUT2D eigenvalue weighted by Gasteiger charge is 2.14. The van der Waals surface area contributed by atoms with Gasteiger partial charge in [0.1, 0.15) is 5.82 Å². The summed E-state index contributed by atoms with van der Waals surface area (Å²) < 4.78 is 3.31. The molecule has 0 aliphatic carbocycles. The third-order valence-corrected chi connectivity index (χ3v) is 6.03. The second-order valence-electron chi connectivity index (χ2n) is 8.60. The molecule has 0 aliphatic heterocycles. The van der Waals surface area contributed by atoms with Crippen molar-refractivity contribution in [2.45, 2.75) is 71.9 Å². The molecule has 1 aromatic heterocycles. The van der Waals surface area contributed by atoms with Gasteiger partial charge in [-0.15, -0.1) is 0 Å². The van der Waals surface area contributed by atoms with E-state index in [1.54, 1.807) is 16.7 Å². The normalized spacial score (nSPS) is 11.4. The molecule has 1 N–H and O–H groups in total. The molecule has 0 atom stereocenters. The lowest BCUT2D eigenvalue weighted by molar-refractivity contribution is 0.0697. The summed E-state index contributed by atoms with van der Waals surface area (Å²) in [4.78, 5) is 24.6. The van der Waals surface area contributed by atoms with E-state index in [-0.39, 0.29) is 11.3 Å². The minimum Gasteiger partial charge on any atom is -0.478 e. The van der Waals surface area contributed by atoms with Crippen molar-refractivity contribution in [3.63, 3.8) is 0 Å². The van der Waals surface area contributed by atoms with Crippen LogP contribution in [0.15, 0.2) is 65.5 Å². The van der Waals surface area contributed by atoms with Gasteiger partial charge in [0, 0.05) is 6.42 Å². The Morgan fingerprint density at radius 1 is 1.00 bits per heavy atom. The second-order valence-corrected chi connectivity index (χ2v) is 8.60. The number of benzene rings is 2. The van der Waals surface area contributed by atoms with Crippen molar-refractivity contribution in [1.29, 1.82) is 0 Å². The topological polar surface area (TPSA) is 77.1 Å². The molecule has 1 heterocycles. The fourth-order valence-electron chi connectivity index (χ4n) is 4.11.